The van der Waals surface area contributed by atoms with Crippen LogP contribution < -0.4 is 10.1 Å². The second-order valence-electron chi connectivity index (χ2n) is 4.33. The Balaban J connectivity index is 1.90. The zero-order valence-electron chi connectivity index (χ0n) is 11.9. The summed E-state index contributed by atoms with van der Waals surface area (Å²) in [5.41, 5.74) is 0.855. The van der Waals surface area contributed by atoms with E-state index in [1.807, 2.05) is 24.3 Å². The van der Waals surface area contributed by atoms with Crippen molar-refractivity contribution >= 4 is 27.3 Å². The van der Waals surface area contributed by atoms with Crippen molar-refractivity contribution in [3.8, 4) is 17.1 Å². The summed E-state index contributed by atoms with van der Waals surface area (Å²) in [5, 5.41) is 15.6. The van der Waals surface area contributed by atoms with Crippen molar-refractivity contribution in [1.82, 2.24) is 19.8 Å². The fourth-order valence-electron chi connectivity index (χ4n) is 1.87. The minimum Gasteiger partial charge on any atom is -0.497 e. The lowest BCUT2D eigenvalue weighted by molar-refractivity contribution is -0.119. The Kier molecular flexibility index (Phi) is 3.98. The molecule has 0 spiro atoms. The Morgan fingerprint density at radius 2 is 2.05 bits per heavy atom. The molecule has 0 bridgehead atoms. The van der Waals surface area contributed by atoms with E-state index in [0.717, 1.165) is 11.3 Å². The number of anilines is 1. The van der Waals surface area contributed by atoms with Gasteiger partial charge in [-0.25, -0.2) is 0 Å². The van der Waals surface area contributed by atoms with Crippen LogP contribution >= 0.6 is 11.3 Å². The lowest BCUT2D eigenvalue weighted by atomic mass is 10.2. The Morgan fingerprint density at radius 1 is 1.27 bits per heavy atom. The van der Waals surface area contributed by atoms with Crippen molar-refractivity contribution in [3.05, 3.63) is 24.3 Å². The van der Waals surface area contributed by atoms with Crippen LogP contribution in [0.15, 0.2) is 24.3 Å². The summed E-state index contributed by atoms with van der Waals surface area (Å²) in [6, 6.07) is 7.42. The number of carbonyl (C=O) groups excluding carboxylic acids is 1. The molecule has 0 unspecified atom stereocenters. The molecule has 0 radical (unpaired) electrons. The first kappa shape index (κ1) is 14.4. The summed E-state index contributed by atoms with van der Waals surface area (Å²) in [7, 11) is 3.07. The first-order valence-electron chi connectivity index (χ1n) is 6.36. The van der Waals surface area contributed by atoms with Gasteiger partial charge in [0, 0.05) is 12.7 Å². The standard InChI is InChI=1S/C13H13N5O3S/c1-20-7-10(19)14-12-17-18-11(15-16-13(18)22-12)8-3-5-9(21-2)6-4-8/h3-6H,7H2,1-2H3,(H,14,17,19). The van der Waals surface area contributed by atoms with E-state index < -0.39 is 0 Å². The number of fused-ring (bicyclic) bond motifs is 1. The Morgan fingerprint density at radius 3 is 2.73 bits per heavy atom. The molecule has 1 amide bonds. The van der Waals surface area contributed by atoms with E-state index in [-0.39, 0.29) is 12.5 Å². The van der Waals surface area contributed by atoms with Crippen LogP contribution in [0.3, 0.4) is 0 Å². The van der Waals surface area contributed by atoms with E-state index in [9.17, 15) is 4.79 Å². The number of carbonyl (C=O) groups is 1. The van der Waals surface area contributed by atoms with Crippen molar-refractivity contribution in [2.24, 2.45) is 0 Å². The number of nitrogens with zero attached hydrogens (tertiary/aromatic N) is 4. The number of aromatic nitrogens is 4. The largest absolute Gasteiger partial charge is 0.497 e. The van der Waals surface area contributed by atoms with Gasteiger partial charge in [0.25, 0.3) is 5.91 Å². The number of nitrogens with one attached hydrogen (secondary N) is 1. The van der Waals surface area contributed by atoms with Gasteiger partial charge in [0.05, 0.1) is 7.11 Å². The molecule has 2 heterocycles. The molecule has 0 aliphatic rings. The van der Waals surface area contributed by atoms with Gasteiger partial charge in [-0.2, -0.15) is 4.52 Å². The monoisotopic (exact) mass is 319 g/mol. The van der Waals surface area contributed by atoms with Crippen molar-refractivity contribution in [1.29, 1.82) is 0 Å². The molecule has 1 N–H and O–H groups in total. The van der Waals surface area contributed by atoms with Crippen molar-refractivity contribution in [2.75, 3.05) is 26.1 Å². The average Bonchev–Trinajstić information content (AvgIpc) is 3.07. The number of hydrogen-bond acceptors (Lipinski definition) is 7. The third kappa shape index (κ3) is 2.76. The quantitative estimate of drug-likeness (QED) is 0.765. The van der Waals surface area contributed by atoms with Crippen LogP contribution in [0, 0.1) is 0 Å². The van der Waals surface area contributed by atoms with Crippen molar-refractivity contribution in [3.63, 3.8) is 0 Å². The highest BCUT2D eigenvalue weighted by Crippen LogP contribution is 2.25. The molecule has 22 heavy (non-hydrogen) atoms. The molecule has 3 aromatic rings. The third-order valence-corrected chi connectivity index (χ3v) is 3.68. The number of benzene rings is 1. The summed E-state index contributed by atoms with van der Waals surface area (Å²) < 4.78 is 11.5. The second-order valence-corrected chi connectivity index (χ2v) is 5.29. The molecule has 2 aromatic heterocycles. The Labute approximate surface area is 129 Å². The van der Waals surface area contributed by atoms with Gasteiger partial charge in [-0.1, -0.05) is 11.3 Å². The lowest BCUT2D eigenvalue weighted by Gasteiger charge is -2.01. The maximum atomic E-state index is 11.5. The number of methoxy groups -OCH3 is 2. The van der Waals surface area contributed by atoms with Gasteiger partial charge in [-0.15, -0.1) is 15.3 Å². The van der Waals surface area contributed by atoms with Crippen LogP contribution in [0.5, 0.6) is 5.75 Å². The SMILES string of the molecule is COCC(=O)Nc1nn2c(-c3ccc(OC)cc3)nnc2s1. The highest BCUT2D eigenvalue weighted by atomic mass is 32.1. The number of ether oxygens (including phenoxy) is 2. The predicted molar refractivity (Wildman–Crippen MR) is 81.2 cm³/mol. The fraction of sp³-hybridized carbons (Fsp3) is 0.231. The molecule has 0 saturated heterocycles. The fourth-order valence-corrected chi connectivity index (χ4v) is 2.63. The lowest BCUT2D eigenvalue weighted by Crippen LogP contribution is -2.17. The predicted octanol–water partition coefficient (Wildman–Crippen LogP) is 1.45. The molecule has 9 heteroatoms. The molecular formula is C13H13N5O3S. The first-order chi connectivity index (χ1) is 10.7. The Hall–Kier alpha value is -2.52. The third-order valence-electron chi connectivity index (χ3n) is 2.86. The molecule has 1 aromatic carbocycles. The van der Waals surface area contributed by atoms with Gasteiger partial charge >= 0.3 is 0 Å². The molecule has 8 nitrogen and oxygen atoms in total. The zero-order valence-corrected chi connectivity index (χ0v) is 12.8. The molecule has 0 atom stereocenters. The summed E-state index contributed by atoms with van der Waals surface area (Å²) in [4.78, 5) is 12.1. The topological polar surface area (TPSA) is 90.6 Å². The van der Waals surface area contributed by atoms with Crippen molar-refractivity contribution in [2.45, 2.75) is 0 Å². The smallest absolute Gasteiger partial charge is 0.252 e. The van der Waals surface area contributed by atoms with Crippen molar-refractivity contribution < 1.29 is 14.3 Å². The summed E-state index contributed by atoms with van der Waals surface area (Å²) in [6.45, 7) is -0.0223. The summed E-state index contributed by atoms with van der Waals surface area (Å²) in [5.74, 6) is 1.09. The number of rotatable bonds is 5. The molecule has 0 aliphatic carbocycles. The highest BCUT2D eigenvalue weighted by Gasteiger charge is 2.14. The first-order valence-corrected chi connectivity index (χ1v) is 7.18. The maximum Gasteiger partial charge on any atom is 0.252 e. The zero-order chi connectivity index (χ0) is 15.5. The normalized spacial score (nSPS) is 10.8. The van der Waals surface area contributed by atoms with Crippen LogP contribution in [-0.4, -0.2) is 46.5 Å². The Bertz CT molecular complexity index is 796. The second kappa shape index (κ2) is 6.08. The maximum absolute atomic E-state index is 11.5. The highest BCUT2D eigenvalue weighted by molar-refractivity contribution is 7.20. The van der Waals surface area contributed by atoms with E-state index in [1.54, 1.807) is 11.6 Å². The van der Waals surface area contributed by atoms with E-state index in [2.05, 4.69) is 20.6 Å². The molecule has 3 rings (SSSR count). The van der Waals surface area contributed by atoms with Crippen LogP contribution in [0.4, 0.5) is 5.13 Å². The van der Waals surface area contributed by atoms with E-state index in [1.165, 1.54) is 18.4 Å². The van der Waals surface area contributed by atoms with Gasteiger partial charge in [0.1, 0.15) is 12.4 Å². The van der Waals surface area contributed by atoms with E-state index in [0.29, 0.717) is 15.9 Å². The minimum atomic E-state index is -0.265. The van der Waals surface area contributed by atoms with E-state index >= 15 is 0 Å². The minimum absolute atomic E-state index is 0.0223. The van der Waals surface area contributed by atoms with Gasteiger partial charge in [0.2, 0.25) is 10.1 Å². The average molecular weight is 319 g/mol. The van der Waals surface area contributed by atoms with E-state index in [4.69, 9.17) is 9.47 Å². The van der Waals surface area contributed by atoms with Gasteiger partial charge in [-0.3, -0.25) is 10.1 Å². The molecule has 114 valence electrons. The van der Waals surface area contributed by atoms with Gasteiger partial charge in [0.15, 0.2) is 5.82 Å². The molecule has 0 saturated carbocycles. The summed E-state index contributed by atoms with van der Waals surface area (Å²) in [6.07, 6.45) is 0. The number of amides is 1. The number of hydrogen-bond donors (Lipinski definition) is 1. The molecular weight excluding hydrogens is 306 g/mol. The van der Waals surface area contributed by atoms with Crippen LogP contribution in [0.1, 0.15) is 0 Å². The van der Waals surface area contributed by atoms with Crippen LogP contribution in [0.25, 0.3) is 16.3 Å². The molecule has 0 aliphatic heterocycles. The van der Waals surface area contributed by atoms with Gasteiger partial charge < -0.3 is 9.47 Å². The molecule has 0 fully saturated rings. The van der Waals surface area contributed by atoms with Gasteiger partial charge in [-0.05, 0) is 24.3 Å². The summed E-state index contributed by atoms with van der Waals surface area (Å²) >= 11 is 1.24. The van der Waals surface area contributed by atoms with Crippen LogP contribution in [-0.2, 0) is 9.53 Å². The van der Waals surface area contributed by atoms with Crippen LogP contribution in [0.2, 0.25) is 0 Å².